The zero-order chi connectivity index (χ0) is 18.1. The molecule has 8 nitrogen and oxygen atoms in total. The highest BCUT2D eigenvalue weighted by molar-refractivity contribution is 5.96. The third-order valence-corrected chi connectivity index (χ3v) is 4.89. The maximum Gasteiger partial charge on any atom is 0.338 e. The number of fused-ring (bicyclic) bond motifs is 1. The minimum Gasteiger partial charge on any atom is -0.457 e. The van der Waals surface area contributed by atoms with Crippen molar-refractivity contribution in [2.75, 3.05) is 31.5 Å². The fourth-order valence-corrected chi connectivity index (χ4v) is 3.25. The molecule has 0 spiro atoms. The molecule has 1 fully saturated rings. The number of urea groups is 1. The largest absolute Gasteiger partial charge is 0.457 e. The zero-order valence-corrected chi connectivity index (χ0v) is 14.6. The van der Waals surface area contributed by atoms with Crippen LogP contribution in [-0.2, 0) is 24.9 Å². The number of esters is 1. The molecule has 3 heterocycles. The summed E-state index contributed by atoms with van der Waals surface area (Å²) in [5.74, 6) is 0.687. The monoisotopic (exact) mass is 355 g/mol. The van der Waals surface area contributed by atoms with Gasteiger partial charge in [0.2, 0.25) is 0 Å². The highest BCUT2D eigenvalue weighted by Gasteiger charge is 2.24. The van der Waals surface area contributed by atoms with Crippen molar-refractivity contribution in [3.63, 3.8) is 0 Å². The van der Waals surface area contributed by atoms with Gasteiger partial charge in [0.15, 0.2) is 0 Å². The van der Waals surface area contributed by atoms with E-state index in [0.717, 1.165) is 31.0 Å². The van der Waals surface area contributed by atoms with E-state index in [9.17, 15) is 9.59 Å². The van der Waals surface area contributed by atoms with Gasteiger partial charge in [0, 0.05) is 56.9 Å². The van der Waals surface area contributed by atoms with Crippen LogP contribution in [0.3, 0.4) is 0 Å². The summed E-state index contributed by atoms with van der Waals surface area (Å²) in [5.41, 5.74) is 2.00. The van der Waals surface area contributed by atoms with Crippen molar-refractivity contribution in [2.45, 2.75) is 13.2 Å². The third kappa shape index (κ3) is 3.28. The van der Waals surface area contributed by atoms with Crippen molar-refractivity contribution in [3.8, 4) is 0 Å². The van der Waals surface area contributed by atoms with Crippen LogP contribution in [-0.4, -0.2) is 57.5 Å². The van der Waals surface area contributed by atoms with Gasteiger partial charge in [0.1, 0.15) is 12.4 Å². The van der Waals surface area contributed by atoms with Gasteiger partial charge in [-0.15, -0.1) is 0 Å². The first-order valence-corrected chi connectivity index (χ1v) is 8.65. The van der Waals surface area contributed by atoms with E-state index in [4.69, 9.17) is 4.74 Å². The van der Waals surface area contributed by atoms with Crippen molar-refractivity contribution in [1.29, 1.82) is 0 Å². The molecule has 2 amide bonds. The predicted octanol–water partition coefficient (Wildman–Crippen LogP) is 1.44. The molecular formula is C18H21N5O3. The second-order valence-corrected chi connectivity index (χ2v) is 6.60. The summed E-state index contributed by atoms with van der Waals surface area (Å²) in [6.07, 6.45) is 3.73. The lowest BCUT2D eigenvalue weighted by Gasteiger charge is -2.34. The number of cyclic esters (lactones) is 1. The first-order valence-electron chi connectivity index (χ1n) is 8.65. The molecule has 0 radical (unpaired) electrons. The van der Waals surface area contributed by atoms with Crippen molar-refractivity contribution < 1.29 is 14.3 Å². The van der Waals surface area contributed by atoms with Crippen LogP contribution in [0.5, 0.6) is 0 Å². The number of piperazine rings is 1. The van der Waals surface area contributed by atoms with Crippen molar-refractivity contribution >= 4 is 17.7 Å². The summed E-state index contributed by atoms with van der Waals surface area (Å²) in [6, 6.07) is 5.16. The second-order valence-electron chi connectivity index (χ2n) is 6.60. The normalized spacial score (nSPS) is 17.1. The number of amides is 2. The summed E-state index contributed by atoms with van der Waals surface area (Å²) in [4.78, 5) is 32.6. The number of imidazole rings is 1. The smallest absolute Gasteiger partial charge is 0.338 e. The van der Waals surface area contributed by atoms with E-state index in [0.29, 0.717) is 30.9 Å². The third-order valence-electron chi connectivity index (χ3n) is 4.89. The number of hydrogen-bond donors (Lipinski definition) is 1. The van der Waals surface area contributed by atoms with Crippen LogP contribution in [0.4, 0.5) is 10.5 Å². The van der Waals surface area contributed by atoms with Gasteiger partial charge in [-0.2, -0.15) is 0 Å². The Hall–Kier alpha value is -2.87. The van der Waals surface area contributed by atoms with Crippen LogP contribution >= 0.6 is 0 Å². The van der Waals surface area contributed by atoms with Crippen LogP contribution in [0.1, 0.15) is 21.7 Å². The van der Waals surface area contributed by atoms with Gasteiger partial charge in [-0.05, 0) is 12.1 Å². The van der Waals surface area contributed by atoms with Crippen LogP contribution in [0.15, 0.2) is 30.6 Å². The Morgan fingerprint density at radius 2 is 2.08 bits per heavy atom. The number of aromatic nitrogens is 2. The molecule has 0 bridgehead atoms. The van der Waals surface area contributed by atoms with E-state index in [1.807, 2.05) is 23.9 Å². The fourth-order valence-electron chi connectivity index (χ4n) is 3.25. The number of aryl methyl sites for hydroxylation is 1. The molecular weight excluding hydrogens is 334 g/mol. The Morgan fingerprint density at radius 1 is 1.27 bits per heavy atom. The number of nitrogens with one attached hydrogen (secondary N) is 1. The second kappa shape index (κ2) is 6.80. The van der Waals surface area contributed by atoms with Crippen LogP contribution in [0.25, 0.3) is 0 Å². The average molecular weight is 355 g/mol. The van der Waals surface area contributed by atoms with Crippen LogP contribution in [0, 0.1) is 0 Å². The Kier molecular flexibility index (Phi) is 4.34. The van der Waals surface area contributed by atoms with E-state index in [1.54, 1.807) is 23.2 Å². The minimum absolute atomic E-state index is 0.145. The maximum atomic E-state index is 12.5. The quantitative estimate of drug-likeness (QED) is 0.843. The first kappa shape index (κ1) is 16.6. The Morgan fingerprint density at radius 3 is 2.81 bits per heavy atom. The molecule has 1 aromatic heterocycles. The van der Waals surface area contributed by atoms with E-state index in [-0.39, 0.29) is 12.0 Å². The lowest BCUT2D eigenvalue weighted by molar-refractivity contribution is 0.0535. The van der Waals surface area contributed by atoms with Gasteiger partial charge in [-0.1, -0.05) is 6.07 Å². The van der Waals surface area contributed by atoms with Crippen LogP contribution in [0.2, 0.25) is 0 Å². The molecule has 26 heavy (non-hydrogen) atoms. The number of carbonyl (C=O) groups excluding carboxylic acids is 2. The molecule has 4 rings (SSSR count). The number of rotatable bonds is 3. The number of nitrogens with zero attached hydrogens (tertiary/aromatic N) is 4. The van der Waals surface area contributed by atoms with Gasteiger partial charge in [0.25, 0.3) is 0 Å². The molecule has 2 aliphatic rings. The topological polar surface area (TPSA) is 79.7 Å². The first-order chi connectivity index (χ1) is 12.6. The number of benzene rings is 1. The molecule has 8 heteroatoms. The van der Waals surface area contributed by atoms with Gasteiger partial charge in [-0.3, -0.25) is 4.90 Å². The molecule has 0 unspecified atom stereocenters. The SMILES string of the molecule is Cn1ccnc1CN1CCN(C(=O)Nc2ccc3c(c2)C(=O)OC3)CC1. The Balaban J connectivity index is 1.32. The summed E-state index contributed by atoms with van der Waals surface area (Å²) < 4.78 is 7.00. The van der Waals surface area contributed by atoms with E-state index in [1.165, 1.54) is 0 Å². The zero-order valence-electron chi connectivity index (χ0n) is 14.6. The molecule has 1 aromatic carbocycles. The molecule has 2 aliphatic heterocycles. The molecule has 1 saturated heterocycles. The molecule has 136 valence electrons. The molecule has 0 atom stereocenters. The lowest BCUT2D eigenvalue weighted by atomic mass is 10.1. The molecule has 2 aromatic rings. The number of ether oxygens (including phenoxy) is 1. The highest BCUT2D eigenvalue weighted by Crippen LogP contribution is 2.23. The molecule has 0 aliphatic carbocycles. The number of hydrogen-bond acceptors (Lipinski definition) is 5. The Labute approximate surface area is 151 Å². The van der Waals surface area contributed by atoms with Crippen molar-refractivity contribution in [1.82, 2.24) is 19.4 Å². The summed E-state index contributed by atoms with van der Waals surface area (Å²) in [7, 11) is 1.98. The van der Waals surface area contributed by atoms with Gasteiger partial charge < -0.3 is 19.5 Å². The maximum absolute atomic E-state index is 12.5. The van der Waals surface area contributed by atoms with E-state index >= 15 is 0 Å². The van der Waals surface area contributed by atoms with E-state index < -0.39 is 0 Å². The standard InChI is InChI=1S/C18H21N5O3/c1-21-5-4-19-16(21)11-22-6-8-23(9-7-22)18(25)20-14-3-2-13-12-26-17(24)15(13)10-14/h2-5,10H,6-9,11-12H2,1H3,(H,20,25). The molecule has 0 saturated carbocycles. The minimum atomic E-state index is -0.334. The number of carbonyl (C=O) groups is 2. The lowest BCUT2D eigenvalue weighted by Crippen LogP contribution is -2.49. The fraction of sp³-hybridized carbons (Fsp3) is 0.389. The summed E-state index contributed by atoms with van der Waals surface area (Å²) in [5, 5.41) is 2.88. The Bertz CT molecular complexity index is 839. The van der Waals surface area contributed by atoms with Crippen LogP contribution < -0.4 is 5.32 Å². The average Bonchev–Trinajstić information content (AvgIpc) is 3.22. The molecule has 1 N–H and O–H groups in total. The number of anilines is 1. The van der Waals surface area contributed by atoms with Crippen molar-refractivity contribution in [3.05, 3.63) is 47.5 Å². The van der Waals surface area contributed by atoms with Gasteiger partial charge >= 0.3 is 12.0 Å². The van der Waals surface area contributed by atoms with Gasteiger partial charge in [0.05, 0.1) is 12.1 Å². The summed E-state index contributed by atoms with van der Waals surface area (Å²) in [6.45, 7) is 4.01. The summed E-state index contributed by atoms with van der Waals surface area (Å²) >= 11 is 0. The predicted molar refractivity (Wildman–Crippen MR) is 94.6 cm³/mol. The van der Waals surface area contributed by atoms with Crippen molar-refractivity contribution in [2.24, 2.45) is 7.05 Å². The van der Waals surface area contributed by atoms with Gasteiger partial charge in [-0.25, -0.2) is 14.6 Å². The van der Waals surface area contributed by atoms with E-state index in [2.05, 4.69) is 15.2 Å². The highest BCUT2D eigenvalue weighted by atomic mass is 16.5.